The highest BCUT2D eigenvalue weighted by Gasteiger charge is 2.31. The second kappa shape index (κ2) is 8.63. The molecule has 1 aliphatic rings. The molecule has 0 aliphatic carbocycles. The molecule has 0 bridgehead atoms. The normalized spacial score (nSPS) is 16.8. The summed E-state index contributed by atoms with van der Waals surface area (Å²) in [6.45, 7) is 3.40. The molecule has 0 saturated carbocycles. The highest BCUT2D eigenvalue weighted by molar-refractivity contribution is 7.90. The van der Waals surface area contributed by atoms with Crippen LogP contribution in [0.5, 0.6) is 0 Å². The Balaban J connectivity index is 1.76. The molecule has 1 amide bonds. The maximum absolute atomic E-state index is 12.0. The van der Waals surface area contributed by atoms with Crippen molar-refractivity contribution in [3.63, 3.8) is 0 Å². The summed E-state index contributed by atoms with van der Waals surface area (Å²) in [5.74, 6) is 0. The summed E-state index contributed by atoms with van der Waals surface area (Å²) in [5.41, 5.74) is 4.69. The molecular formula is C24H25N3O4S. The summed E-state index contributed by atoms with van der Waals surface area (Å²) < 4.78 is 23.9. The number of hydrogen-bond donors (Lipinski definition) is 1. The molecular weight excluding hydrogens is 426 g/mol. The molecule has 2 heterocycles. The summed E-state index contributed by atoms with van der Waals surface area (Å²) in [6, 6.07) is 17.3. The van der Waals surface area contributed by atoms with E-state index in [4.69, 9.17) is 0 Å². The van der Waals surface area contributed by atoms with Gasteiger partial charge in [0.25, 0.3) is 0 Å². The van der Waals surface area contributed by atoms with Crippen LogP contribution in [0.3, 0.4) is 0 Å². The van der Waals surface area contributed by atoms with Gasteiger partial charge in [-0.1, -0.05) is 36.4 Å². The molecule has 1 aromatic heterocycles. The van der Waals surface area contributed by atoms with Crippen molar-refractivity contribution in [3.8, 4) is 11.1 Å². The molecule has 1 unspecified atom stereocenters. The molecule has 0 radical (unpaired) electrons. The zero-order valence-corrected chi connectivity index (χ0v) is 18.8. The smallest absolute Gasteiger partial charge is 0.407 e. The lowest BCUT2D eigenvalue weighted by atomic mass is 9.96. The molecule has 1 N–H and O–H groups in total. The van der Waals surface area contributed by atoms with Gasteiger partial charge in [0.05, 0.1) is 10.9 Å². The van der Waals surface area contributed by atoms with Crippen LogP contribution in [-0.2, 0) is 9.84 Å². The van der Waals surface area contributed by atoms with Gasteiger partial charge in [-0.3, -0.25) is 4.98 Å². The van der Waals surface area contributed by atoms with E-state index in [-0.39, 0.29) is 10.9 Å². The highest BCUT2D eigenvalue weighted by Crippen LogP contribution is 2.34. The van der Waals surface area contributed by atoms with Crippen molar-refractivity contribution in [2.24, 2.45) is 0 Å². The van der Waals surface area contributed by atoms with Crippen LogP contribution >= 0.6 is 0 Å². The van der Waals surface area contributed by atoms with Gasteiger partial charge in [0.1, 0.15) is 0 Å². The van der Waals surface area contributed by atoms with Gasteiger partial charge in [0.2, 0.25) is 0 Å². The van der Waals surface area contributed by atoms with Gasteiger partial charge in [-0.25, -0.2) is 13.2 Å². The van der Waals surface area contributed by atoms with Crippen LogP contribution in [0.15, 0.2) is 71.9 Å². The quantitative estimate of drug-likeness (QED) is 0.645. The molecule has 3 aromatic rings. The van der Waals surface area contributed by atoms with Crippen LogP contribution < -0.4 is 4.90 Å². The summed E-state index contributed by atoms with van der Waals surface area (Å²) >= 11 is 0. The Labute approximate surface area is 187 Å². The molecule has 8 heteroatoms. The number of benzene rings is 2. The van der Waals surface area contributed by atoms with Crippen LogP contribution in [0, 0.1) is 6.92 Å². The topological polar surface area (TPSA) is 90.8 Å². The average molecular weight is 452 g/mol. The molecule has 166 valence electrons. The Bertz CT molecular complexity index is 1260. The molecule has 1 saturated heterocycles. The molecule has 1 atom stereocenters. The molecule has 7 nitrogen and oxygen atoms in total. The number of nitrogens with zero attached hydrogens (tertiary/aromatic N) is 3. The first kappa shape index (κ1) is 21.8. The van der Waals surface area contributed by atoms with Crippen molar-refractivity contribution in [1.29, 1.82) is 0 Å². The Morgan fingerprint density at radius 1 is 1.03 bits per heavy atom. The third-order valence-corrected chi connectivity index (χ3v) is 6.90. The number of sulfone groups is 1. The molecule has 1 fully saturated rings. The van der Waals surface area contributed by atoms with Crippen molar-refractivity contribution < 1.29 is 18.3 Å². The first-order chi connectivity index (χ1) is 15.2. The van der Waals surface area contributed by atoms with Gasteiger partial charge in [-0.05, 0) is 41.8 Å². The van der Waals surface area contributed by atoms with Crippen molar-refractivity contribution >= 4 is 21.6 Å². The predicted octanol–water partition coefficient (Wildman–Crippen LogP) is 4.00. The fraction of sp³-hybridized carbons (Fsp3) is 0.250. The van der Waals surface area contributed by atoms with Gasteiger partial charge in [-0.2, -0.15) is 0 Å². The van der Waals surface area contributed by atoms with Crippen LogP contribution in [0.4, 0.5) is 10.5 Å². The van der Waals surface area contributed by atoms with E-state index in [9.17, 15) is 18.3 Å². The first-order valence-electron chi connectivity index (χ1n) is 10.3. The van der Waals surface area contributed by atoms with E-state index in [1.807, 2.05) is 36.4 Å². The second-order valence-corrected chi connectivity index (χ2v) is 10.0. The lowest BCUT2D eigenvalue weighted by molar-refractivity contribution is 0.135. The average Bonchev–Trinajstić information content (AvgIpc) is 2.79. The van der Waals surface area contributed by atoms with Crippen molar-refractivity contribution in [2.75, 3.05) is 30.8 Å². The van der Waals surface area contributed by atoms with Crippen molar-refractivity contribution in [3.05, 3.63) is 78.1 Å². The molecule has 32 heavy (non-hydrogen) atoms. The number of para-hydroxylation sites is 1. The van der Waals surface area contributed by atoms with E-state index in [0.29, 0.717) is 25.2 Å². The third-order valence-electron chi connectivity index (χ3n) is 5.82. The highest BCUT2D eigenvalue weighted by atomic mass is 32.2. The van der Waals surface area contributed by atoms with Crippen molar-refractivity contribution in [1.82, 2.24) is 9.88 Å². The Morgan fingerprint density at radius 2 is 1.81 bits per heavy atom. The zero-order valence-electron chi connectivity index (χ0n) is 18.0. The number of pyridine rings is 1. The largest absolute Gasteiger partial charge is 0.465 e. The van der Waals surface area contributed by atoms with E-state index >= 15 is 0 Å². The number of rotatable bonds is 4. The fourth-order valence-corrected chi connectivity index (χ4v) is 4.71. The Hall–Kier alpha value is -3.39. The minimum absolute atomic E-state index is 0.164. The monoisotopic (exact) mass is 451 g/mol. The predicted molar refractivity (Wildman–Crippen MR) is 124 cm³/mol. The van der Waals surface area contributed by atoms with Gasteiger partial charge < -0.3 is 14.9 Å². The minimum Gasteiger partial charge on any atom is -0.465 e. The second-order valence-electron chi connectivity index (χ2n) is 8.03. The van der Waals surface area contributed by atoms with E-state index in [1.54, 1.807) is 12.3 Å². The van der Waals surface area contributed by atoms with E-state index < -0.39 is 15.9 Å². The SMILES string of the molecule is Cc1ccccc1N1CCN(C(=O)O)CC1c1cccc(-c2cncc(S(C)(=O)=O)c2)c1. The molecule has 1 aliphatic heterocycles. The third kappa shape index (κ3) is 4.45. The Morgan fingerprint density at radius 3 is 2.53 bits per heavy atom. The van der Waals surface area contributed by atoms with Gasteiger partial charge in [0.15, 0.2) is 9.84 Å². The number of amides is 1. The maximum atomic E-state index is 12.0. The van der Waals surface area contributed by atoms with E-state index in [1.165, 1.54) is 11.1 Å². The lowest BCUT2D eigenvalue weighted by Gasteiger charge is -2.42. The Kier molecular flexibility index (Phi) is 5.88. The number of carbonyl (C=O) groups is 1. The van der Waals surface area contributed by atoms with Gasteiger partial charge in [0, 0.05) is 49.5 Å². The molecule has 4 rings (SSSR count). The lowest BCUT2D eigenvalue weighted by Crippen LogP contribution is -2.50. The number of piperazine rings is 1. The van der Waals surface area contributed by atoms with Crippen LogP contribution in [0.25, 0.3) is 11.1 Å². The number of anilines is 1. The fourth-order valence-electron chi connectivity index (χ4n) is 4.12. The summed E-state index contributed by atoms with van der Waals surface area (Å²) in [7, 11) is -3.37. The van der Waals surface area contributed by atoms with Gasteiger partial charge >= 0.3 is 6.09 Å². The van der Waals surface area contributed by atoms with E-state index in [0.717, 1.165) is 28.6 Å². The zero-order chi connectivity index (χ0) is 22.9. The number of aromatic nitrogens is 1. The molecule has 0 spiro atoms. The number of aryl methyl sites for hydroxylation is 1. The number of hydrogen-bond acceptors (Lipinski definition) is 5. The van der Waals surface area contributed by atoms with Crippen LogP contribution in [0.1, 0.15) is 17.2 Å². The first-order valence-corrected chi connectivity index (χ1v) is 12.2. The maximum Gasteiger partial charge on any atom is 0.407 e. The summed E-state index contributed by atoms with van der Waals surface area (Å²) in [5, 5.41) is 9.60. The summed E-state index contributed by atoms with van der Waals surface area (Å²) in [4.78, 5) is 19.7. The van der Waals surface area contributed by atoms with Gasteiger partial charge in [-0.15, -0.1) is 0 Å². The summed E-state index contributed by atoms with van der Waals surface area (Å²) in [6.07, 6.45) is 3.21. The number of carboxylic acid groups (broad SMARTS) is 1. The minimum atomic E-state index is -3.37. The van der Waals surface area contributed by atoms with Crippen LogP contribution in [0.2, 0.25) is 0 Å². The van der Waals surface area contributed by atoms with Crippen molar-refractivity contribution in [2.45, 2.75) is 17.9 Å². The standard InChI is InChI=1S/C24H25N3O4S/c1-17-6-3-4-9-22(17)27-11-10-26(24(28)29)16-23(27)19-8-5-7-18(12-19)20-13-21(15-25-14-20)32(2,30)31/h3-9,12-15,23H,10-11,16H2,1-2H3,(H,28,29). The van der Waals surface area contributed by atoms with E-state index in [2.05, 4.69) is 28.9 Å². The van der Waals surface area contributed by atoms with Crippen LogP contribution in [-0.4, -0.2) is 55.4 Å². The molecule has 2 aromatic carbocycles.